The summed E-state index contributed by atoms with van der Waals surface area (Å²) in [5.41, 5.74) is 1.04. The van der Waals surface area contributed by atoms with Gasteiger partial charge in [-0.1, -0.05) is 41.9 Å². The van der Waals surface area contributed by atoms with Gasteiger partial charge in [-0.2, -0.15) is 0 Å². The SMILES string of the molecule is O=C1S/C(=C\c2cccc(OCc3ccccc3[N+](=O)[O-])c2)C(=O)N1Cc1c(F)cccc1Cl. The first-order valence-corrected chi connectivity index (χ1v) is 11.2. The maximum Gasteiger partial charge on any atom is 0.293 e. The molecule has 1 saturated heterocycles. The van der Waals surface area contributed by atoms with Crippen molar-refractivity contribution in [2.24, 2.45) is 0 Å². The molecule has 0 aliphatic carbocycles. The molecule has 0 unspecified atom stereocenters. The van der Waals surface area contributed by atoms with Crippen LogP contribution < -0.4 is 4.74 Å². The van der Waals surface area contributed by atoms with Crippen molar-refractivity contribution in [1.82, 2.24) is 4.90 Å². The minimum Gasteiger partial charge on any atom is -0.489 e. The maximum absolute atomic E-state index is 14.1. The van der Waals surface area contributed by atoms with Gasteiger partial charge in [-0.15, -0.1) is 0 Å². The van der Waals surface area contributed by atoms with Crippen molar-refractivity contribution in [1.29, 1.82) is 0 Å². The standard InChI is InChI=1S/C24H16ClFN2O5S/c25-19-8-4-9-20(26)18(19)13-27-23(29)22(34-24(27)30)12-15-5-3-7-17(11-15)33-14-16-6-1-2-10-21(16)28(31)32/h1-12H,13-14H2/b22-12-. The van der Waals surface area contributed by atoms with Crippen LogP contribution in [0.25, 0.3) is 6.08 Å². The van der Waals surface area contributed by atoms with Crippen LogP contribution >= 0.6 is 23.4 Å². The molecule has 34 heavy (non-hydrogen) atoms. The molecule has 1 aliphatic rings. The normalized spacial score (nSPS) is 14.6. The second-order valence-electron chi connectivity index (χ2n) is 7.22. The average molecular weight is 499 g/mol. The number of nitro benzene ring substituents is 1. The Morgan fingerprint density at radius 2 is 1.85 bits per heavy atom. The second-order valence-corrected chi connectivity index (χ2v) is 8.62. The number of para-hydroxylation sites is 1. The van der Waals surface area contributed by atoms with Gasteiger partial charge < -0.3 is 4.74 Å². The summed E-state index contributed by atoms with van der Waals surface area (Å²) in [6.07, 6.45) is 1.53. The molecule has 0 saturated carbocycles. The van der Waals surface area contributed by atoms with E-state index >= 15 is 0 Å². The van der Waals surface area contributed by atoms with Gasteiger partial charge in [0.05, 0.1) is 21.9 Å². The van der Waals surface area contributed by atoms with Crippen molar-refractivity contribution in [2.45, 2.75) is 13.2 Å². The number of thioether (sulfide) groups is 1. The Morgan fingerprint density at radius 3 is 2.62 bits per heavy atom. The van der Waals surface area contributed by atoms with Gasteiger partial charge in [0.2, 0.25) is 0 Å². The molecular weight excluding hydrogens is 483 g/mol. The molecule has 0 N–H and O–H groups in total. The van der Waals surface area contributed by atoms with E-state index in [2.05, 4.69) is 0 Å². The van der Waals surface area contributed by atoms with Gasteiger partial charge in [-0.3, -0.25) is 24.6 Å². The van der Waals surface area contributed by atoms with Gasteiger partial charge >= 0.3 is 0 Å². The van der Waals surface area contributed by atoms with Crippen molar-refractivity contribution in [2.75, 3.05) is 0 Å². The molecule has 3 aromatic rings. The van der Waals surface area contributed by atoms with E-state index in [4.69, 9.17) is 16.3 Å². The minimum atomic E-state index is -0.598. The first kappa shape index (κ1) is 23.5. The van der Waals surface area contributed by atoms with Crippen molar-refractivity contribution in [3.05, 3.63) is 109 Å². The monoisotopic (exact) mass is 498 g/mol. The van der Waals surface area contributed by atoms with E-state index in [0.717, 1.165) is 16.7 Å². The van der Waals surface area contributed by atoms with Gasteiger partial charge in [-0.05, 0) is 53.7 Å². The van der Waals surface area contributed by atoms with E-state index in [-0.39, 0.29) is 34.3 Å². The predicted molar refractivity (Wildman–Crippen MR) is 127 cm³/mol. The molecule has 0 bridgehead atoms. The molecule has 2 amide bonds. The molecule has 0 spiro atoms. The molecule has 172 valence electrons. The number of ether oxygens (including phenoxy) is 1. The Balaban J connectivity index is 1.49. The van der Waals surface area contributed by atoms with E-state index in [9.17, 15) is 24.1 Å². The number of imide groups is 1. The number of benzene rings is 3. The van der Waals surface area contributed by atoms with Crippen LogP contribution in [0.5, 0.6) is 5.75 Å². The van der Waals surface area contributed by atoms with Gasteiger partial charge in [0.1, 0.15) is 18.2 Å². The highest BCUT2D eigenvalue weighted by Crippen LogP contribution is 2.35. The van der Waals surface area contributed by atoms with E-state index in [1.54, 1.807) is 42.5 Å². The highest BCUT2D eigenvalue weighted by molar-refractivity contribution is 8.18. The lowest BCUT2D eigenvalue weighted by molar-refractivity contribution is -0.385. The number of hydrogen-bond acceptors (Lipinski definition) is 6. The van der Waals surface area contributed by atoms with Crippen LogP contribution in [0.4, 0.5) is 14.9 Å². The zero-order chi connectivity index (χ0) is 24.2. The quantitative estimate of drug-likeness (QED) is 0.219. The van der Waals surface area contributed by atoms with Crippen LogP contribution in [0, 0.1) is 15.9 Å². The van der Waals surface area contributed by atoms with Crippen LogP contribution in [0.2, 0.25) is 5.02 Å². The fraction of sp³-hybridized carbons (Fsp3) is 0.0833. The topological polar surface area (TPSA) is 89.7 Å². The Morgan fingerprint density at radius 1 is 1.09 bits per heavy atom. The van der Waals surface area contributed by atoms with Crippen LogP contribution in [0.3, 0.4) is 0 Å². The Labute approximate surface area is 202 Å². The number of halogens is 2. The molecule has 0 aromatic heterocycles. The summed E-state index contributed by atoms with van der Waals surface area (Å²) in [4.78, 5) is 37.0. The first-order valence-electron chi connectivity index (χ1n) is 9.97. The number of rotatable bonds is 7. The fourth-order valence-corrected chi connectivity index (χ4v) is 4.36. The van der Waals surface area contributed by atoms with E-state index in [1.165, 1.54) is 30.3 Å². The van der Waals surface area contributed by atoms with Gasteiger partial charge in [-0.25, -0.2) is 4.39 Å². The van der Waals surface area contributed by atoms with Crippen molar-refractivity contribution in [3.8, 4) is 5.75 Å². The maximum atomic E-state index is 14.1. The molecule has 1 heterocycles. The molecular formula is C24H16ClFN2O5S. The number of hydrogen-bond donors (Lipinski definition) is 0. The third-order valence-electron chi connectivity index (χ3n) is 4.99. The number of nitrogens with zero attached hydrogens (tertiary/aromatic N) is 2. The summed E-state index contributed by atoms with van der Waals surface area (Å²) in [7, 11) is 0. The number of carbonyl (C=O) groups excluding carboxylic acids is 2. The lowest BCUT2D eigenvalue weighted by atomic mass is 10.1. The smallest absolute Gasteiger partial charge is 0.293 e. The van der Waals surface area contributed by atoms with Crippen LogP contribution in [0.15, 0.2) is 71.6 Å². The molecule has 0 atom stereocenters. The third-order valence-corrected chi connectivity index (χ3v) is 6.25. The lowest BCUT2D eigenvalue weighted by Crippen LogP contribution is -2.28. The van der Waals surface area contributed by atoms with Crippen LogP contribution in [-0.4, -0.2) is 21.0 Å². The molecule has 1 fully saturated rings. The highest BCUT2D eigenvalue weighted by atomic mass is 35.5. The summed E-state index contributed by atoms with van der Waals surface area (Å²) < 4.78 is 19.8. The van der Waals surface area contributed by atoms with E-state index in [0.29, 0.717) is 16.9 Å². The Hall–Kier alpha value is -3.69. The summed E-state index contributed by atoms with van der Waals surface area (Å²) >= 11 is 6.77. The van der Waals surface area contributed by atoms with Crippen molar-refractivity contribution >= 4 is 46.3 Å². The summed E-state index contributed by atoms with van der Waals surface area (Å²) in [6, 6.07) is 17.2. The predicted octanol–water partition coefficient (Wildman–Crippen LogP) is 6.20. The number of carbonyl (C=O) groups is 2. The largest absolute Gasteiger partial charge is 0.489 e. The molecule has 1 aliphatic heterocycles. The van der Waals surface area contributed by atoms with Gasteiger partial charge in [0, 0.05) is 16.7 Å². The summed E-state index contributed by atoms with van der Waals surface area (Å²) in [6.45, 7) is -0.285. The zero-order valence-electron chi connectivity index (χ0n) is 17.4. The van der Waals surface area contributed by atoms with Crippen molar-refractivity contribution in [3.63, 3.8) is 0 Å². The molecule has 3 aromatic carbocycles. The van der Waals surface area contributed by atoms with E-state index in [1.807, 2.05) is 0 Å². The van der Waals surface area contributed by atoms with Crippen molar-refractivity contribution < 1.29 is 23.6 Å². The number of nitro groups is 1. The molecule has 4 rings (SSSR count). The Bertz CT molecular complexity index is 1310. The first-order chi connectivity index (χ1) is 16.3. The van der Waals surface area contributed by atoms with E-state index < -0.39 is 21.9 Å². The zero-order valence-corrected chi connectivity index (χ0v) is 19.0. The third kappa shape index (κ3) is 5.11. The highest BCUT2D eigenvalue weighted by Gasteiger charge is 2.35. The Kier molecular flexibility index (Phi) is 6.95. The second kappa shape index (κ2) is 10.1. The summed E-state index contributed by atoms with van der Waals surface area (Å²) in [5.74, 6) is -0.719. The minimum absolute atomic E-state index is 0.0134. The van der Waals surface area contributed by atoms with Gasteiger partial charge in [0.25, 0.3) is 16.8 Å². The van der Waals surface area contributed by atoms with Gasteiger partial charge in [0.15, 0.2) is 0 Å². The molecule has 0 radical (unpaired) electrons. The average Bonchev–Trinajstić information content (AvgIpc) is 3.07. The van der Waals surface area contributed by atoms with Crippen LogP contribution in [0.1, 0.15) is 16.7 Å². The lowest BCUT2D eigenvalue weighted by Gasteiger charge is -2.14. The molecule has 7 nitrogen and oxygen atoms in total. The van der Waals surface area contributed by atoms with Crippen LogP contribution in [-0.2, 0) is 17.9 Å². The molecule has 10 heteroatoms. The summed E-state index contributed by atoms with van der Waals surface area (Å²) in [5, 5.41) is 10.8. The number of amides is 2. The fourth-order valence-electron chi connectivity index (χ4n) is 3.30.